The van der Waals surface area contributed by atoms with Crippen LogP contribution in [0.15, 0.2) is 42.5 Å². The fourth-order valence-corrected chi connectivity index (χ4v) is 2.49. The van der Waals surface area contributed by atoms with Crippen molar-refractivity contribution >= 4 is 29.0 Å². The second-order valence-electron chi connectivity index (χ2n) is 6.18. The zero-order valence-corrected chi connectivity index (χ0v) is 15.5. The Hall–Kier alpha value is -3.75. The smallest absolute Gasteiger partial charge is 0.339 e. The number of ketones is 1. The highest BCUT2D eigenvalue weighted by atomic mass is 16.6. The molecule has 0 radical (unpaired) electrons. The first-order valence-electron chi connectivity index (χ1n) is 8.23. The van der Waals surface area contributed by atoms with Crippen molar-refractivity contribution in [2.24, 2.45) is 5.73 Å². The third kappa shape index (κ3) is 4.32. The van der Waals surface area contributed by atoms with Gasteiger partial charge in [-0.1, -0.05) is 18.2 Å². The van der Waals surface area contributed by atoms with Crippen molar-refractivity contribution in [2.45, 2.75) is 13.0 Å². The van der Waals surface area contributed by atoms with Gasteiger partial charge in [0.2, 0.25) is 0 Å². The molecular formula is C19H19N3O6. The Morgan fingerprint density at radius 3 is 2.25 bits per heavy atom. The maximum atomic E-state index is 12.9. The standard InChI is InChI=1S/C19H19N3O6/c1-11(18(20)24)28-19(25)14-7-5-4-6-13(14)17(23)12-8-9-15(21(2)3)16(10-12)22(26)27/h4-11H,1-3H3,(H2,20,24)/t11-/m0/s1. The van der Waals surface area contributed by atoms with E-state index in [4.69, 9.17) is 10.5 Å². The van der Waals surface area contributed by atoms with Crippen LogP contribution in [-0.2, 0) is 9.53 Å². The largest absolute Gasteiger partial charge is 0.449 e. The molecule has 9 nitrogen and oxygen atoms in total. The monoisotopic (exact) mass is 385 g/mol. The minimum Gasteiger partial charge on any atom is -0.449 e. The normalized spacial score (nSPS) is 11.4. The molecule has 0 aliphatic heterocycles. The number of benzene rings is 2. The number of esters is 1. The molecule has 0 fully saturated rings. The first-order chi connectivity index (χ1) is 13.1. The van der Waals surface area contributed by atoms with Gasteiger partial charge in [0.25, 0.3) is 11.6 Å². The molecule has 0 spiro atoms. The molecule has 1 amide bonds. The van der Waals surface area contributed by atoms with Gasteiger partial charge in [0.1, 0.15) is 5.69 Å². The van der Waals surface area contributed by atoms with Crippen molar-refractivity contribution in [1.29, 1.82) is 0 Å². The molecule has 0 saturated heterocycles. The van der Waals surface area contributed by atoms with Gasteiger partial charge in [0, 0.05) is 31.3 Å². The number of nitro groups is 1. The Morgan fingerprint density at radius 2 is 1.71 bits per heavy atom. The average molecular weight is 385 g/mol. The van der Waals surface area contributed by atoms with Crippen LogP contribution < -0.4 is 10.6 Å². The van der Waals surface area contributed by atoms with Crippen molar-refractivity contribution in [2.75, 3.05) is 19.0 Å². The van der Waals surface area contributed by atoms with Crippen molar-refractivity contribution in [3.8, 4) is 0 Å². The summed E-state index contributed by atoms with van der Waals surface area (Å²) in [6.45, 7) is 1.31. The molecule has 1 atom stereocenters. The van der Waals surface area contributed by atoms with Gasteiger partial charge in [-0.25, -0.2) is 4.79 Å². The highest BCUT2D eigenvalue weighted by molar-refractivity contribution is 6.15. The molecule has 2 aromatic carbocycles. The van der Waals surface area contributed by atoms with Crippen LogP contribution in [0.1, 0.15) is 33.2 Å². The molecule has 0 aliphatic rings. The Bertz CT molecular complexity index is 954. The number of carbonyl (C=O) groups is 3. The van der Waals surface area contributed by atoms with E-state index in [1.807, 2.05) is 0 Å². The van der Waals surface area contributed by atoms with Gasteiger partial charge in [-0.3, -0.25) is 19.7 Å². The van der Waals surface area contributed by atoms with Crippen LogP contribution in [0.2, 0.25) is 0 Å². The van der Waals surface area contributed by atoms with Crippen molar-refractivity contribution in [3.63, 3.8) is 0 Å². The number of nitrogens with two attached hydrogens (primary N) is 1. The molecule has 2 aromatic rings. The second-order valence-corrected chi connectivity index (χ2v) is 6.18. The lowest BCUT2D eigenvalue weighted by atomic mass is 9.97. The summed E-state index contributed by atoms with van der Waals surface area (Å²) >= 11 is 0. The average Bonchev–Trinajstić information content (AvgIpc) is 2.66. The molecule has 0 saturated carbocycles. The predicted molar refractivity (Wildman–Crippen MR) is 101 cm³/mol. The summed E-state index contributed by atoms with van der Waals surface area (Å²) in [6, 6.07) is 9.90. The van der Waals surface area contributed by atoms with Crippen molar-refractivity contribution < 1.29 is 24.0 Å². The number of ether oxygens (including phenoxy) is 1. The Morgan fingerprint density at radius 1 is 1.11 bits per heavy atom. The molecule has 146 valence electrons. The highest BCUT2D eigenvalue weighted by Gasteiger charge is 2.24. The van der Waals surface area contributed by atoms with E-state index in [1.54, 1.807) is 25.1 Å². The van der Waals surface area contributed by atoms with Gasteiger partial charge in [-0.05, 0) is 25.1 Å². The zero-order valence-electron chi connectivity index (χ0n) is 15.5. The van der Waals surface area contributed by atoms with Gasteiger partial charge in [-0.15, -0.1) is 0 Å². The fourth-order valence-electron chi connectivity index (χ4n) is 2.49. The number of anilines is 1. The van der Waals surface area contributed by atoms with Gasteiger partial charge in [0.15, 0.2) is 11.9 Å². The van der Waals surface area contributed by atoms with E-state index in [1.165, 1.54) is 37.3 Å². The summed E-state index contributed by atoms with van der Waals surface area (Å²) in [4.78, 5) is 48.7. The number of amides is 1. The van der Waals surface area contributed by atoms with Crippen LogP contribution >= 0.6 is 0 Å². The number of nitrogens with zero attached hydrogens (tertiary/aromatic N) is 2. The zero-order chi connectivity index (χ0) is 21.0. The number of primary amides is 1. The molecule has 0 heterocycles. The van der Waals surface area contributed by atoms with E-state index in [9.17, 15) is 24.5 Å². The quantitative estimate of drug-likeness (QED) is 0.333. The Balaban J connectivity index is 2.45. The van der Waals surface area contributed by atoms with Crippen molar-refractivity contribution in [1.82, 2.24) is 0 Å². The minimum atomic E-state index is -1.17. The maximum absolute atomic E-state index is 12.9. The van der Waals surface area contributed by atoms with Gasteiger partial charge >= 0.3 is 5.97 Å². The predicted octanol–water partition coefficient (Wildman–Crippen LogP) is 1.92. The topological polar surface area (TPSA) is 133 Å². The molecule has 2 N–H and O–H groups in total. The lowest BCUT2D eigenvalue weighted by Crippen LogP contribution is -2.30. The molecule has 0 aromatic heterocycles. The van der Waals surface area contributed by atoms with Crippen LogP contribution in [0.3, 0.4) is 0 Å². The van der Waals surface area contributed by atoms with Crippen LogP contribution in [-0.4, -0.2) is 42.8 Å². The Labute approximate surface area is 160 Å². The van der Waals surface area contributed by atoms with E-state index >= 15 is 0 Å². The minimum absolute atomic E-state index is 0.00364. The molecule has 0 aliphatic carbocycles. The highest BCUT2D eigenvalue weighted by Crippen LogP contribution is 2.29. The fraction of sp³-hybridized carbons (Fsp3) is 0.211. The second kappa shape index (κ2) is 8.30. The Kier molecular flexibility index (Phi) is 6.09. The van der Waals surface area contributed by atoms with Gasteiger partial charge in [0.05, 0.1) is 10.5 Å². The third-order valence-corrected chi connectivity index (χ3v) is 3.99. The SMILES string of the molecule is C[C@H](OC(=O)c1ccccc1C(=O)c1ccc(N(C)C)c([N+](=O)[O-])c1)C(N)=O. The number of nitro benzene ring substituents is 1. The summed E-state index contributed by atoms with van der Waals surface area (Å²) < 4.78 is 4.96. The van der Waals surface area contributed by atoms with E-state index in [0.29, 0.717) is 5.69 Å². The van der Waals surface area contributed by atoms with Crippen LogP contribution in [0, 0.1) is 10.1 Å². The summed E-state index contributed by atoms with van der Waals surface area (Å²) in [5, 5.41) is 11.3. The third-order valence-electron chi connectivity index (χ3n) is 3.99. The van der Waals surface area contributed by atoms with E-state index < -0.39 is 28.7 Å². The summed E-state index contributed by atoms with van der Waals surface area (Å²) in [7, 11) is 3.30. The molecule has 28 heavy (non-hydrogen) atoms. The van der Waals surface area contributed by atoms with Gasteiger partial charge < -0.3 is 15.4 Å². The van der Waals surface area contributed by atoms with E-state index in [0.717, 1.165) is 6.07 Å². The number of hydrogen-bond acceptors (Lipinski definition) is 7. The molecule has 0 bridgehead atoms. The number of rotatable bonds is 7. The number of hydrogen-bond donors (Lipinski definition) is 1. The van der Waals surface area contributed by atoms with Gasteiger partial charge in [-0.2, -0.15) is 0 Å². The van der Waals surface area contributed by atoms with Crippen LogP contribution in [0.25, 0.3) is 0 Å². The van der Waals surface area contributed by atoms with E-state index in [-0.39, 0.29) is 22.4 Å². The lowest BCUT2D eigenvalue weighted by molar-refractivity contribution is -0.384. The molecule has 2 rings (SSSR count). The molecule has 0 unspecified atom stereocenters. The summed E-state index contributed by atoms with van der Waals surface area (Å²) in [5.74, 6) is -2.31. The molecule has 9 heteroatoms. The summed E-state index contributed by atoms with van der Waals surface area (Å²) in [6.07, 6.45) is -1.17. The maximum Gasteiger partial charge on any atom is 0.339 e. The van der Waals surface area contributed by atoms with Crippen LogP contribution in [0.4, 0.5) is 11.4 Å². The van der Waals surface area contributed by atoms with Crippen molar-refractivity contribution in [3.05, 3.63) is 69.3 Å². The van der Waals surface area contributed by atoms with E-state index in [2.05, 4.69) is 0 Å². The molecular weight excluding hydrogens is 366 g/mol. The first kappa shape index (κ1) is 20.6. The number of carbonyl (C=O) groups excluding carboxylic acids is 3. The van der Waals surface area contributed by atoms with Crippen LogP contribution in [0.5, 0.6) is 0 Å². The lowest BCUT2D eigenvalue weighted by Gasteiger charge is -2.14. The first-order valence-corrected chi connectivity index (χ1v) is 8.23. The summed E-state index contributed by atoms with van der Waals surface area (Å²) in [5.41, 5.74) is 5.15.